The monoisotopic (exact) mass is 187 g/mol. The van der Waals surface area contributed by atoms with Gasteiger partial charge in [0.2, 0.25) is 0 Å². The zero-order chi connectivity index (χ0) is 10.5. The average molecular weight is 187 g/mol. The molecule has 2 heteroatoms. The predicted octanol–water partition coefficient (Wildman–Crippen LogP) is 2.39. The van der Waals surface area contributed by atoms with Gasteiger partial charge in [-0.3, -0.25) is 4.90 Å². The van der Waals surface area contributed by atoms with E-state index in [0.717, 1.165) is 19.1 Å². The lowest BCUT2D eigenvalue weighted by molar-refractivity contribution is 0.0481. The Hall–Kier alpha value is -0.0800. The predicted molar refractivity (Wildman–Crippen MR) is 58.0 cm³/mol. The number of hydrogen-bond donors (Lipinski definition) is 0. The number of ether oxygens (including phenoxy) is 1. The van der Waals surface area contributed by atoms with Gasteiger partial charge in [0.15, 0.2) is 0 Å². The molecule has 0 saturated carbocycles. The summed E-state index contributed by atoms with van der Waals surface area (Å²) in [5.41, 5.74) is 0.156. The van der Waals surface area contributed by atoms with Crippen molar-refractivity contribution in [2.75, 3.05) is 27.3 Å². The van der Waals surface area contributed by atoms with Gasteiger partial charge in [0.25, 0.3) is 0 Å². The highest BCUT2D eigenvalue weighted by Gasteiger charge is 2.22. The van der Waals surface area contributed by atoms with Crippen molar-refractivity contribution in [2.45, 2.75) is 39.7 Å². The Bertz CT molecular complexity index is 132. The van der Waals surface area contributed by atoms with Crippen LogP contribution in [0.3, 0.4) is 0 Å². The van der Waals surface area contributed by atoms with Gasteiger partial charge < -0.3 is 4.74 Å². The number of rotatable bonds is 6. The summed E-state index contributed by atoms with van der Waals surface area (Å²) < 4.78 is 5.19. The highest BCUT2D eigenvalue weighted by atomic mass is 16.5. The first-order chi connectivity index (χ1) is 5.90. The van der Waals surface area contributed by atoms with Crippen LogP contribution in [0.15, 0.2) is 0 Å². The van der Waals surface area contributed by atoms with Crippen LogP contribution < -0.4 is 0 Å². The standard InChI is InChI=1S/C11H25NO/c1-10(2)7-8-12(5)11(3,4)9-13-6/h10H,7-9H2,1-6H3. The van der Waals surface area contributed by atoms with Crippen LogP contribution in [0.25, 0.3) is 0 Å². The molecule has 0 aromatic heterocycles. The van der Waals surface area contributed by atoms with E-state index in [9.17, 15) is 0 Å². The molecule has 0 saturated heterocycles. The second kappa shape index (κ2) is 5.61. The molecule has 0 bridgehead atoms. The molecule has 0 atom stereocenters. The number of methoxy groups -OCH3 is 1. The van der Waals surface area contributed by atoms with Crippen LogP contribution in [0.1, 0.15) is 34.1 Å². The lowest BCUT2D eigenvalue weighted by atomic mass is 10.0. The highest BCUT2D eigenvalue weighted by molar-refractivity contribution is 4.78. The fraction of sp³-hybridized carbons (Fsp3) is 1.00. The number of likely N-dealkylation sites (N-methyl/N-ethyl adjacent to an activating group) is 1. The third-order valence-electron chi connectivity index (χ3n) is 2.57. The molecule has 0 aliphatic heterocycles. The second-order valence-corrected chi connectivity index (χ2v) is 4.85. The first-order valence-electron chi connectivity index (χ1n) is 5.10. The maximum Gasteiger partial charge on any atom is 0.0641 e. The Kier molecular flexibility index (Phi) is 5.57. The van der Waals surface area contributed by atoms with Gasteiger partial charge in [0.1, 0.15) is 0 Å². The molecule has 0 aliphatic carbocycles. The van der Waals surface area contributed by atoms with E-state index in [4.69, 9.17) is 4.74 Å². The summed E-state index contributed by atoms with van der Waals surface area (Å²) in [5.74, 6) is 0.779. The van der Waals surface area contributed by atoms with Crippen LogP contribution in [0.2, 0.25) is 0 Å². The fourth-order valence-corrected chi connectivity index (χ4v) is 1.22. The van der Waals surface area contributed by atoms with Crippen LogP contribution in [0, 0.1) is 5.92 Å². The van der Waals surface area contributed by atoms with E-state index in [2.05, 4.69) is 39.6 Å². The third kappa shape index (κ3) is 5.27. The van der Waals surface area contributed by atoms with E-state index in [1.54, 1.807) is 7.11 Å². The summed E-state index contributed by atoms with van der Waals surface area (Å²) in [4.78, 5) is 2.37. The highest BCUT2D eigenvalue weighted by Crippen LogP contribution is 2.14. The normalized spacial score (nSPS) is 12.9. The molecule has 0 N–H and O–H groups in total. The molecule has 0 spiro atoms. The topological polar surface area (TPSA) is 12.5 Å². The molecule has 0 aromatic carbocycles. The van der Waals surface area contributed by atoms with Crippen LogP contribution in [0.4, 0.5) is 0 Å². The molecule has 0 radical (unpaired) electrons. The fourth-order valence-electron chi connectivity index (χ4n) is 1.22. The summed E-state index contributed by atoms with van der Waals surface area (Å²) >= 11 is 0. The van der Waals surface area contributed by atoms with E-state index in [1.807, 2.05) is 0 Å². The average Bonchev–Trinajstić information content (AvgIpc) is 1.99. The second-order valence-electron chi connectivity index (χ2n) is 4.85. The third-order valence-corrected chi connectivity index (χ3v) is 2.57. The Morgan fingerprint density at radius 1 is 1.31 bits per heavy atom. The van der Waals surface area contributed by atoms with Gasteiger partial charge in [-0.1, -0.05) is 13.8 Å². The Morgan fingerprint density at radius 2 is 1.85 bits per heavy atom. The van der Waals surface area contributed by atoms with Crippen molar-refractivity contribution in [3.63, 3.8) is 0 Å². The van der Waals surface area contributed by atoms with Gasteiger partial charge in [0, 0.05) is 12.6 Å². The van der Waals surface area contributed by atoms with E-state index < -0.39 is 0 Å². The van der Waals surface area contributed by atoms with Gasteiger partial charge in [-0.15, -0.1) is 0 Å². The van der Waals surface area contributed by atoms with Crippen molar-refractivity contribution in [1.82, 2.24) is 4.90 Å². The number of hydrogen-bond acceptors (Lipinski definition) is 2. The zero-order valence-electron chi connectivity index (χ0n) is 10.1. The summed E-state index contributed by atoms with van der Waals surface area (Å²) in [5, 5.41) is 0. The molecule has 0 unspecified atom stereocenters. The molecule has 2 nitrogen and oxygen atoms in total. The lowest BCUT2D eigenvalue weighted by Gasteiger charge is -2.35. The van der Waals surface area contributed by atoms with Gasteiger partial charge in [-0.05, 0) is 39.8 Å². The largest absolute Gasteiger partial charge is 0.383 e. The van der Waals surface area contributed by atoms with Crippen molar-refractivity contribution in [1.29, 1.82) is 0 Å². The Labute approximate surface area is 83.3 Å². The first-order valence-corrected chi connectivity index (χ1v) is 5.10. The van der Waals surface area contributed by atoms with Gasteiger partial charge >= 0.3 is 0 Å². The van der Waals surface area contributed by atoms with Crippen LogP contribution >= 0.6 is 0 Å². The zero-order valence-corrected chi connectivity index (χ0v) is 10.1. The van der Waals surface area contributed by atoms with Gasteiger partial charge in [0.05, 0.1) is 6.61 Å². The van der Waals surface area contributed by atoms with Crippen molar-refractivity contribution in [3.8, 4) is 0 Å². The quantitative estimate of drug-likeness (QED) is 0.633. The molecule has 0 rings (SSSR count). The SMILES string of the molecule is COCC(C)(C)N(C)CCC(C)C. The maximum absolute atomic E-state index is 5.19. The summed E-state index contributed by atoms with van der Waals surface area (Å²) in [6, 6.07) is 0. The minimum Gasteiger partial charge on any atom is -0.383 e. The smallest absolute Gasteiger partial charge is 0.0641 e. The van der Waals surface area contributed by atoms with Crippen molar-refractivity contribution >= 4 is 0 Å². The van der Waals surface area contributed by atoms with Crippen LogP contribution in [0.5, 0.6) is 0 Å². The summed E-state index contributed by atoms with van der Waals surface area (Å²) in [6.45, 7) is 10.9. The van der Waals surface area contributed by atoms with E-state index in [-0.39, 0.29) is 5.54 Å². The first kappa shape index (κ1) is 12.9. The molecule has 0 heterocycles. The van der Waals surface area contributed by atoms with Crippen molar-refractivity contribution < 1.29 is 4.74 Å². The van der Waals surface area contributed by atoms with E-state index in [1.165, 1.54) is 6.42 Å². The summed E-state index contributed by atoms with van der Waals surface area (Å²) in [7, 11) is 3.93. The minimum absolute atomic E-state index is 0.156. The molecule has 13 heavy (non-hydrogen) atoms. The molecule has 0 amide bonds. The van der Waals surface area contributed by atoms with E-state index >= 15 is 0 Å². The molecule has 80 valence electrons. The van der Waals surface area contributed by atoms with Crippen LogP contribution in [-0.4, -0.2) is 37.7 Å². The maximum atomic E-state index is 5.19. The molecular formula is C11H25NO. The Morgan fingerprint density at radius 3 is 2.23 bits per heavy atom. The van der Waals surface area contributed by atoms with E-state index in [0.29, 0.717) is 0 Å². The van der Waals surface area contributed by atoms with Gasteiger partial charge in [-0.2, -0.15) is 0 Å². The van der Waals surface area contributed by atoms with Crippen LogP contribution in [-0.2, 0) is 4.74 Å². The summed E-state index contributed by atoms with van der Waals surface area (Å²) in [6.07, 6.45) is 1.25. The molecule has 0 fully saturated rings. The van der Waals surface area contributed by atoms with Gasteiger partial charge in [-0.25, -0.2) is 0 Å². The lowest BCUT2D eigenvalue weighted by Crippen LogP contribution is -2.45. The Balaban J connectivity index is 3.86. The van der Waals surface area contributed by atoms with Crippen molar-refractivity contribution in [2.24, 2.45) is 5.92 Å². The minimum atomic E-state index is 0.156. The van der Waals surface area contributed by atoms with Crippen molar-refractivity contribution in [3.05, 3.63) is 0 Å². The molecule has 0 aromatic rings. The number of nitrogens with zero attached hydrogens (tertiary/aromatic N) is 1. The molecular weight excluding hydrogens is 162 g/mol. The molecule has 0 aliphatic rings.